The van der Waals surface area contributed by atoms with Crippen LogP contribution in [0.4, 0.5) is 11.4 Å². The van der Waals surface area contributed by atoms with E-state index in [1.165, 1.54) is 25.9 Å². The Kier molecular flexibility index (Phi) is 3.31. The lowest BCUT2D eigenvalue weighted by atomic mass is 9.84. The summed E-state index contributed by atoms with van der Waals surface area (Å²) in [5.74, 6) is 0.754. The van der Waals surface area contributed by atoms with E-state index >= 15 is 0 Å². The van der Waals surface area contributed by atoms with Gasteiger partial charge in [-0.15, -0.1) is 0 Å². The number of nitrogens with zero attached hydrogens (tertiary/aromatic N) is 1. The van der Waals surface area contributed by atoms with Crippen molar-refractivity contribution in [3.05, 3.63) is 22.2 Å². The predicted molar refractivity (Wildman–Crippen MR) is 77.4 cm³/mol. The number of piperidine rings is 3. The van der Waals surface area contributed by atoms with Gasteiger partial charge in [0, 0.05) is 12.6 Å². The number of fused-ring (bicyclic) bond motifs is 3. The van der Waals surface area contributed by atoms with Crippen molar-refractivity contribution in [3.63, 3.8) is 0 Å². The Balaban J connectivity index is 1.78. The van der Waals surface area contributed by atoms with Crippen LogP contribution < -0.4 is 11.1 Å². The molecule has 1 unspecified atom stereocenters. The molecule has 3 aliphatic rings. The second-order valence-corrected chi connectivity index (χ2v) is 6.06. The van der Waals surface area contributed by atoms with Gasteiger partial charge in [0.15, 0.2) is 0 Å². The van der Waals surface area contributed by atoms with E-state index in [0.717, 1.165) is 18.2 Å². The van der Waals surface area contributed by atoms with E-state index in [1.54, 1.807) is 6.07 Å². The van der Waals surface area contributed by atoms with Crippen LogP contribution in [0.1, 0.15) is 12.8 Å². The topological polar surface area (TPSA) is 41.3 Å². The number of nitrogens with two attached hydrogens (primary N) is 1. The maximum atomic E-state index is 6.04. The zero-order chi connectivity index (χ0) is 12.7. The van der Waals surface area contributed by atoms with Crippen LogP contribution in [-0.2, 0) is 0 Å². The summed E-state index contributed by atoms with van der Waals surface area (Å²) in [6, 6.07) is 4.02. The number of benzene rings is 1. The van der Waals surface area contributed by atoms with Gasteiger partial charge in [0.2, 0.25) is 0 Å². The predicted octanol–water partition coefficient (Wildman–Crippen LogP) is 3.08. The van der Waals surface area contributed by atoms with Crippen LogP contribution in [0.2, 0.25) is 10.0 Å². The van der Waals surface area contributed by atoms with Crippen molar-refractivity contribution in [2.45, 2.75) is 18.9 Å². The number of rotatable bonds is 2. The SMILES string of the molecule is Nc1cc(Cl)c(Cl)cc1NC1CN2CCC1CC2. The fourth-order valence-electron chi connectivity index (χ4n) is 3.02. The van der Waals surface area contributed by atoms with E-state index in [9.17, 15) is 0 Å². The first-order valence-electron chi connectivity index (χ1n) is 6.37. The molecule has 3 N–H and O–H groups in total. The van der Waals surface area contributed by atoms with Gasteiger partial charge in [-0.2, -0.15) is 0 Å². The maximum absolute atomic E-state index is 6.04. The molecule has 3 saturated heterocycles. The Bertz CT molecular complexity index is 456. The lowest BCUT2D eigenvalue weighted by molar-refractivity contribution is 0.0975. The molecule has 3 aliphatic heterocycles. The van der Waals surface area contributed by atoms with E-state index in [-0.39, 0.29) is 0 Å². The second kappa shape index (κ2) is 4.80. The Morgan fingerprint density at radius 3 is 2.44 bits per heavy atom. The van der Waals surface area contributed by atoms with Gasteiger partial charge in [0.1, 0.15) is 0 Å². The van der Waals surface area contributed by atoms with Crippen molar-refractivity contribution in [2.24, 2.45) is 5.92 Å². The van der Waals surface area contributed by atoms with E-state index in [2.05, 4.69) is 10.2 Å². The smallest absolute Gasteiger partial charge is 0.0614 e. The fourth-order valence-corrected chi connectivity index (χ4v) is 3.35. The highest BCUT2D eigenvalue weighted by Gasteiger charge is 2.34. The summed E-state index contributed by atoms with van der Waals surface area (Å²) in [4.78, 5) is 2.51. The number of hydrogen-bond acceptors (Lipinski definition) is 3. The molecule has 3 nitrogen and oxygen atoms in total. The van der Waals surface area contributed by atoms with Crippen molar-refractivity contribution in [1.29, 1.82) is 0 Å². The molecule has 0 amide bonds. The number of anilines is 2. The Labute approximate surface area is 117 Å². The normalized spacial score (nSPS) is 30.4. The monoisotopic (exact) mass is 285 g/mol. The van der Waals surface area contributed by atoms with Gasteiger partial charge >= 0.3 is 0 Å². The first-order chi connectivity index (χ1) is 8.63. The number of halogens is 2. The average molecular weight is 286 g/mol. The second-order valence-electron chi connectivity index (χ2n) is 5.24. The zero-order valence-electron chi connectivity index (χ0n) is 10.1. The summed E-state index contributed by atoms with van der Waals surface area (Å²) < 4.78 is 0. The summed E-state index contributed by atoms with van der Waals surface area (Å²) in [7, 11) is 0. The maximum Gasteiger partial charge on any atom is 0.0614 e. The van der Waals surface area contributed by atoms with Crippen LogP contribution in [-0.4, -0.2) is 30.6 Å². The summed E-state index contributed by atoms with van der Waals surface area (Å²) in [6.07, 6.45) is 2.55. The third-order valence-corrected chi connectivity index (χ3v) is 4.81. The van der Waals surface area contributed by atoms with E-state index in [1.807, 2.05) is 6.07 Å². The number of hydrogen-bond donors (Lipinski definition) is 2. The Morgan fingerprint density at radius 1 is 1.17 bits per heavy atom. The first kappa shape index (κ1) is 12.4. The average Bonchev–Trinajstić information content (AvgIpc) is 2.37. The summed E-state index contributed by atoms with van der Waals surface area (Å²) >= 11 is 12.0. The standard InChI is InChI=1S/C13H17Cl2N3/c14-9-5-11(16)12(6-10(9)15)17-13-7-18-3-1-8(13)2-4-18/h5-6,8,13,17H,1-4,7,16H2. The molecule has 4 rings (SSSR count). The van der Waals surface area contributed by atoms with Crippen LogP contribution in [0.15, 0.2) is 12.1 Å². The molecule has 0 aliphatic carbocycles. The lowest BCUT2D eigenvalue weighted by Gasteiger charge is -2.45. The highest BCUT2D eigenvalue weighted by Crippen LogP contribution is 2.34. The number of nitrogen functional groups attached to an aromatic ring is 1. The highest BCUT2D eigenvalue weighted by molar-refractivity contribution is 6.42. The molecule has 0 aromatic heterocycles. The largest absolute Gasteiger partial charge is 0.397 e. The molecule has 1 atom stereocenters. The third-order valence-electron chi connectivity index (χ3n) is 4.09. The van der Waals surface area contributed by atoms with Crippen molar-refractivity contribution >= 4 is 34.6 Å². The van der Waals surface area contributed by atoms with Crippen molar-refractivity contribution in [1.82, 2.24) is 4.90 Å². The summed E-state index contributed by atoms with van der Waals surface area (Å²) in [6.45, 7) is 3.57. The third kappa shape index (κ3) is 2.27. The molecular formula is C13H17Cl2N3. The van der Waals surface area contributed by atoms with Crippen LogP contribution in [0.25, 0.3) is 0 Å². The quantitative estimate of drug-likeness (QED) is 0.821. The van der Waals surface area contributed by atoms with Crippen LogP contribution in [0.5, 0.6) is 0 Å². The first-order valence-corrected chi connectivity index (χ1v) is 7.12. The summed E-state index contributed by atoms with van der Waals surface area (Å²) in [5.41, 5.74) is 7.56. The molecule has 1 aromatic carbocycles. The molecule has 3 fully saturated rings. The van der Waals surface area contributed by atoms with Crippen molar-refractivity contribution < 1.29 is 0 Å². The van der Waals surface area contributed by atoms with Gasteiger partial charge in [-0.25, -0.2) is 0 Å². The lowest BCUT2D eigenvalue weighted by Crippen LogP contribution is -2.53. The molecular weight excluding hydrogens is 269 g/mol. The van der Waals surface area contributed by atoms with Crippen LogP contribution >= 0.6 is 23.2 Å². The minimum Gasteiger partial charge on any atom is -0.397 e. The highest BCUT2D eigenvalue weighted by atomic mass is 35.5. The van der Waals surface area contributed by atoms with E-state index < -0.39 is 0 Å². The molecule has 0 saturated carbocycles. The Morgan fingerprint density at radius 2 is 1.83 bits per heavy atom. The summed E-state index contributed by atoms with van der Waals surface area (Å²) in [5, 5.41) is 4.60. The molecule has 0 radical (unpaired) electrons. The molecule has 3 heterocycles. The van der Waals surface area contributed by atoms with Crippen LogP contribution in [0, 0.1) is 5.92 Å². The molecule has 18 heavy (non-hydrogen) atoms. The fraction of sp³-hybridized carbons (Fsp3) is 0.538. The minimum absolute atomic E-state index is 0.479. The van der Waals surface area contributed by atoms with Gasteiger partial charge in [-0.3, -0.25) is 0 Å². The number of nitrogens with one attached hydrogen (secondary N) is 1. The van der Waals surface area contributed by atoms with Crippen molar-refractivity contribution in [3.8, 4) is 0 Å². The molecule has 98 valence electrons. The van der Waals surface area contributed by atoms with E-state index in [0.29, 0.717) is 21.8 Å². The minimum atomic E-state index is 0.479. The van der Waals surface area contributed by atoms with Gasteiger partial charge in [0.05, 0.1) is 21.4 Å². The van der Waals surface area contributed by atoms with Gasteiger partial charge in [-0.05, 0) is 44.0 Å². The van der Waals surface area contributed by atoms with E-state index in [4.69, 9.17) is 28.9 Å². The Hall–Kier alpha value is -0.640. The molecule has 0 spiro atoms. The van der Waals surface area contributed by atoms with Crippen LogP contribution in [0.3, 0.4) is 0 Å². The molecule has 2 bridgehead atoms. The molecule has 1 aromatic rings. The zero-order valence-corrected chi connectivity index (χ0v) is 11.6. The molecule has 5 heteroatoms. The van der Waals surface area contributed by atoms with Gasteiger partial charge < -0.3 is 16.0 Å². The van der Waals surface area contributed by atoms with Gasteiger partial charge in [-0.1, -0.05) is 23.2 Å². The van der Waals surface area contributed by atoms with Crippen molar-refractivity contribution in [2.75, 3.05) is 30.7 Å². The van der Waals surface area contributed by atoms with Gasteiger partial charge in [0.25, 0.3) is 0 Å².